The topological polar surface area (TPSA) is 45.3 Å². The molecule has 2 saturated heterocycles. The van der Waals surface area contributed by atoms with Gasteiger partial charge in [0, 0.05) is 35.2 Å². The lowest BCUT2D eigenvalue weighted by Crippen LogP contribution is -2.33. The molecule has 0 aliphatic carbocycles. The van der Waals surface area contributed by atoms with Crippen LogP contribution < -0.4 is 5.56 Å². The van der Waals surface area contributed by atoms with E-state index in [1.165, 1.54) is 54.1 Å². The van der Waals surface area contributed by atoms with Gasteiger partial charge in [0.2, 0.25) is 5.56 Å². The summed E-state index contributed by atoms with van der Waals surface area (Å²) in [6.45, 7) is 4.33. The molecule has 4 heterocycles. The molecule has 2 aliphatic heterocycles. The highest BCUT2D eigenvalue weighted by Gasteiger charge is 2.22. The van der Waals surface area contributed by atoms with Gasteiger partial charge in [0.25, 0.3) is 0 Å². The van der Waals surface area contributed by atoms with Gasteiger partial charge in [-0.15, -0.1) is 11.3 Å². The Labute approximate surface area is 152 Å². The fourth-order valence-corrected chi connectivity index (χ4v) is 5.07. The molecule has 4 nitrogen and oxygen atoms in total. The van der Waals surface area contributed by atoms with E-state index in [4.69, 9.17) is 4.74 Å². The molecule has 134 valence electrons. The molecule has 0 amide bonds. The van der Waals surface area contributed by atoms with Crippen LogP contribution in [0.5, 0.6) is 0 Å². The predicted octanol–water partition coefficient (Wildman–Crippen LogP) is 3.74. The third kappa shape index (κ3) is 4.40. The Bertz CT molecular complexity index is 720. The van der Waals surface area contributed by atoms with E-state index in [0.29, 0.717) is 6.10 Å². The second-order valence-electron chi connectivity index (χ2n) is 7.29. The van der Waals surface area contributed by atoms with Gasteiger partial charge in [-0.2, -0.15) is 0 Å². The molecule has 0 spiro atoms. The van der Waals surface area contributed by atoms with Crippen molar-refractivity contribution in [3.05, 3.63) is 56.1 Å². The zero-order valence-electron chi connectivity index (χ0n) is 14.6. The van der Waals surface area contributed by atoms with E-state index in [-0.39, 0.29) is 5.56 Å². The number of hydrogen-bond donors (Lipinski definition) is 1. The van der Waals surface area contributed by atoms with Crippen LogP contribution in [0.15, 0.2) is 35.3 Å². The van der Waals surface area contributed by atoms with Crippen molar-refractivity contribution in [3.63, 3.8) is 0 Å². The average Bonchev–Trinajstić information content (AvgIpc) is 3.30. The monoisotopic (exact) mass is 358 g/mol. The minimum Gasteiger partial charge on any atom is -0.373 e. The number of pyridine rings is 1. The van der Waals surface area contributed by atoms with E-state index in [0.717, 1.165) is 25.5 Å². The first-order valence-corrected chi connectivity index (χ1v) is 10.2. The second kappa shape index (κ2) is 7.85. The van der Waals surface area contributed by atoms with Gasteiger partial charge in [0.1, 0.15) is 0 Å². The molecule has 1 N–H and O–H groups in total. The van der Waals surface area contributed by atoms with Crippen LogP contribution in [-0.2, 0) is 17.7 Å². The maximum absolute atomic E-state index is 11.1. The Morgan fingerprint density at radius 2 is 2.04 bits per heavy atom. The Balaban J connectivity index is 1.26. The van der Waals surface area contributed by atoms with E-state index >= 15 is 0 Å². The summed E-state index contributed by atoms with van der Waals surface area (Å²) in [6, 6.07) is 8.14. The van der Waals surface area contributed by atoms with Crippen molar-refractivity contribution < 1.29 is 4.74 Å². The molecule has 1 unspecified atom stereocenters. The molecule has 2 aromatic heterocycles. The first-order valence-electron chi connectivity index (χ1n) is 9.36. The zero-order chi connectivity index (χ0) is 17.1. The molecule has 2 fully saturated rings. The van der Waals surface area contributed by atoms with Gasteiger partial charge in [-0.3, -0.25) is 9.69 Å². The van der Waals surface area contributed by atoms with Gasteiger partial charge in [-0.25, -0.2) is 0 Å². The van der Waals surface area contributed by atoms with Gasteiger partial charge >= 0.3 is 0 Å². The molecule has 2 aromatic rings. The fraction of sp³-hybridized carbons (Fsp3) is 0.550. The molecule has 1 atom stereocenters. The fourth-order valence-electron chi connectivity index (χ4n) is 3.93. The summed E-state index contributed by atoms with van der Waals surface area (Å²) < 4.78 is 5.80. The SMILES string of the molecule is O=c1ccc(CC2CCN(Cc3ccc(C4CCCO4)s3)CC2)c[nH]1. The number of hydrogen-bond acceptors (Lipinski definition) is 4. The molecule has 0 bridgehead atoms. The number of aromatic amines is 1. The summed E-state index contributed by atoms with van der Waals surface area (Å²) in [5, 5.41) is 0. The number of H-pyrrole nitrogens is 1. The molecule has 0 radical (unpaired) electrons. The van der Waals surface area contributed by atoms with Crippen LogP contribution in [0.4, 0.5) is 0 Å². The Morgan fingerprint density at radius 1 is 1.16 bits per heavy atom. The summed E-state index contributed by atoms with van der Waals surface area (Å²) in [7, 11) is 0. The van der Waals surface area contributed by atoms with Crippen molar-refractivity contribution in [1.29, 1.82) is 0 Å². The largest absolute Gasteiger partial charge is 0.373 e. The molecule has 25 heavy (non-hydrogen) atoms. The number of thiophene rings is 1. The number of rotatable bonds is 5. The quantitative estimate of drug-likeness (QED) is 0.885. The van der Waals surface area contributed by atoms with Crippen molar-refractivity contribution in [2.45, 2.75) is 44.8 Å². The Morgan fingerprint density at radius 3 is 2.76 bits per heavy atom. The van der Waals surface area contributed by atoms with E-state index in [1.807, 2.05) is 23.6 Å². The summed E-state index contributed by atoms with van der Waals surface area (Å²) in [5.74, 6) is 0.730. The van der Waals surface area contributed by atoms with Crippen molar-refractivity contribution in [3.8, 4) is 0 Å². The normalized spacial score (nSPS) is 22.5. The maximum Gasteiger partial charge on any atom is 0.247 e. The number of ether oxygens (including phenoxy) is 1. The molecular formula is C20H26N2O2S. The van der Waals surface area contributed by atoms with Crippen LogP contribution >= 0.6 is 11.3 Å². The van der Waals surface area contributed by atoms with Crippen LogP contribution in [0.3, 0.4) is 0 Å². The van der Waals surface area contributed by atoms with Gasteiger partial charge in [-0.05, 0) is 68.8 Å². The van der Waals surface area contributed by atoms with E-state index in [1.54, 1.807) is 6.07 Å². The number of likely N-dealkylation sites (tertiary alicyclic amines) is 1. The second-order valence-corrected chi connectivity index (χ2v) is 8.49. The lowest BCUT2D eigenvalue weighted by Gasteiger charge is -2.31. The van der Waals surface area contributed by atoms with Gasteiger partial charge in [0.15, 0.2) is 0 Å². The highest BCUT2D eigenvalue weighted by Crippen LogP contribution is 2.34. The predicted molar refractivity (Wildman–Crippen MR) is 101 cm³/mol. The van der Waals surface area contributed by atoms with Crippen molar-refractivity contribution in [1.82, 2.24) is 9.88 Å². The van der Waals surface area contributed by atoms with Gasteiger partial charge < -0.3 is 9.72 Å². The van der Waals surface area contributed by atoms with Crippen LogP contribution in [0.1, 0.15) is 47.1 Å². The number of piperidine rings is 1. The van der Waals surface area contributed by atoms with Crippen molar-refractivity contribution >= 4 is 11.3 Å². The van der Waals surface area contributed by atoms with Gasteiger partial charge in [0.05, 0.1) is 6.10 Å². The van der Waals surface area contributed by atoms with Crippen LogP contribution in [-0.4, -0.2) is 29.6 Å². The van der Waals surface area contributed by atoms with Crippen LogP contribution in [0.25, 0.3) is 0 Å². The lowest BCUT2D eigenvalue weighted by molar-refractivity contribution is 0.114. The smallest absolute Gasteiger partial charge is 0.247 e. The van der Waals surface area contributed by atoms with E-state index in [2.05, 4.69) is 22.0 Å². The van der Waals surface area contributed by atoms with E-state index < -0.39 is 0 Å². The highest BCUT2D eigenvalue weighted by molar-refractivity contribution is 7.12. The van der Waals surface area contributed by atoms with E-state index in [9.17, 15) is 4.79 Å². The Kier molecular flexibility index (Phi) is 5.34. The minimum atomic E-state index is -0.0168. The summed E-state index contributed by atoms with van der Waals surface area (Å²) in [6.07, 6.45) is 8.14. The zero-order valence-corrected chi connectivity index (χ0v) is 15.4. The number of aromatic nitrogens is 1. The third-order valence-electron chi connectivity index (χ3n) is 5.39. The first-order chi connectivity index (χ1) is 12.3. The Hall–Kier alpha value is -1.43. The van der Waals surface area contributed by atoms with Gasteiger partial charge in [-0.1, -0.05) is 6.07 Å². The third-order valence-corrected chi connectivity index (χ3v) is 6.55. The van der Waals surface area contributed by atoms with Crippen LogP contribution in [0, 0.1) is 5.92 Å². The molecule has 2 aliphatic rings. The molecule has 4 rings (SSSR count). The van der Waals surface area contributed by atoms with Crippen molar-refractivity contribution in [2.75, 3.05) is 19.7 Å². The average molecular weight is 359 g/mol. The number of nitrogens with zero attached hydrogens (tertiary/aromatic N) is 1. The highest BCUT2D eigenvalue weighted by atomic mass is 32.1. The summed E-state index contributed by atoms with van der Waals surface area (Å²) >= 11 is 1.93. The minimum absolute atomic E-state index is 0.0168. The summed E-state index contributed by atoms with van der Waals surface area (Å²) in [5.41, 5.74) is 1.23. The first kappa shape index (κ1) is 17.0. The van der Waals surface area contributed by atoms with Crippen LogP contribution in [0.2, 0.25) is 0 Å². The molecule has 0 aromatic carbocycles. The lowest BCUT2D eigenvalue weighted by atomic mass is 9.91. The molecule has 5 heteroatoms. The number of nitrogens with one attached hydrogen (secondary N) is 1. The standard InChI is InChI=1S/C20H26N2O2S/c23-20-6-3-16(13-21-20)12-15-7-9-22(10-8-15)14-17-4-5-19(25-17)18-2-1-11-24-18/h3-6,13,15,18H,1-2,7-12,14H2,(H,21,23). The molecular weight excluding hydrogens is 332 g/mol. The molecule has 0 saturated carbocycles. The summed E-state index contributed by atoms with van der Waals surface area (Å²) in [4.78, 5) is 19.4. The van der Waals surface area contributed by atoms with Crippen molar-refractivity contribution in [2.24, 2.45) is 5.92 Å². The maximum atomic E-state index is 11.1.